The third kappa shape index (κ3) is 5.79. The van der Waals surface area contributed by atoms with Crippen LogP contribution in [0, 0.1) is 6.92 Å². The maximum atomic E-state index is 13.5. The number of nitrogens with one attached hydrogen (secondary N) is 1. The molecule has 0 radical (unpaired) electrons. The van der Waals surface area contributed by atoms with E-state index in [1.165, 1.54) is 19.3 Å². The van der Waals surface area contributed by atoms with Crippen molar-refractivity contribution in [1.29, 1.82) is 0 Å². The van der Waals surface area contributed by atoms with Gasteiger partial charge in [-0.25, -0.2) is 0 Å². The number of rotatable bonds is 5. The summed E-state index contributed by atoms with van der Waals surface area (Å²) in [7, 11) is 0. The Labute approximate surface area is 212 Å². The molecular weight excluding hydrogens is 524 g/mol. The molecule has 7 nitrogen and oxygen atoms in total. The summed E-state index contributed by atoms with van der Waals surface area (Å²) in [6.07, 6.45) is -5.95. The molecule has 0 saturated heterocycles. The van der Waals surface area contributed by atoms with Crippen LogP contribution in [0.3, 0.4) is 0 Å². The first-order valence-electron chi connectivity index (χ1n) is 10.4. The van der Waals surface area contributed by atoms with Crippen LogP contribution in [-0.4, -0.2) is 25.8 Å². The number of aromatic nitrogens is 4. The third-order valence-corrected chi connectivity index (χ3v) is 5.43. The van der Waals surface area contributed by atoms with E-state index in [-0.39, 0.29) is 30.9 Å². The molecule has 0 saturated carbocycles. The van der Waals surface area contributed by atoms with Crippen LogP contribution in [0.5, 0.6) is 0 Å². The Hall–Kier alpha value is -3.81. The van der Waals surface area contributed by atoms with Gasteiger partial charge in [-0.2, -0.15) is 44.9 Å². The highest BCUT2D eigenvalue weighted by Crippen LogP contribution is 2.40. The number of pyridine rings is 1. The zero-order valence-corrected chi connectivity index (χ0v) is 20.1. The smallest absolute Gasteiger partial charge is 0.354 e. The Bertz CT molecular complexity index is 1400. The van der Waals surface area contributed by atoms with E-state index in [1.54, 1.807) is 31.3 Å². The SMILES string of the molecule is Cc1c(C(=O)Nc2cnn([C@@H](C)c3ccc(C(F)(F)F)cc3C(F)(F)F)c2)noc1-c1ccccn1.S. The highest BCUT2D eigenvalue weighted by Gasteiger charge is 2.39. The molecule has 3 aromatic heterocycles. The van der Waals surface area contributed by atoms with Gasteiger partial charge in [0.1, 0.15) is 5.69 Å². The average molecular weight is 543 g/mol. The van der Waals surface area contributed by atoms with Gasteiger partial charge in [0.25, 0.3) is 5.91 Å². The number of nitrogens with zero attached hydrogens (tertiary/aromatic N) is 4. The summed E-state index contributed by atoms with van der Waals surface area (Å²) in [5.41, 5.74) is -2.25. The first-order valence-corrected chi connectivity index (χ1v) is 10.4. The molecule has 196 valence electrons. The molecule has 1 aromatic carbocycles. The van der Waals surface area contributed by atoms with Gasteiger partial charge in [-0.05, 0) is 43.7 Å². The number of alkyl halides is 6. The minimum atomic E-state index is -5.02. The predicted molar refractivity (Wildman–Crippen MR) is 125 cm³/mol. The fourth-order valence-corrected chi connectivity index (χ4v) is 3.57. The van der Waals surface area contributed by atoms with Gasteiger partial charge in [-0.15, -0.1) is 0 Å². The lowest BCUT2D eigenvalue weighted by atomic mass is 9.98. The Morgan fingerprint density at radius 2 is 1.81 bits per heavy atom. The summed E-state index contributed by atoms with van der Waals surface area (Å²) >= 11 is 0. The molecule has 0 aliphatic carbocycles. The number of halogens is 6. The average Bonchev–Trinajstić information content (AvgIpc) is 3.44. The number of carbonyl (C=O) groups excluding carboxylic acids is 1. The quantitative estimate of drug-likeness (QED) is 0.301. The summed E-state index contributed by atoms with van der Waals surface area (Å²) < 4.78 is 85.9. The van der Waals surface area contributed by atoms with Crippen molar-refractivity contribution in [1.82, 2.24) is 19.9 Å². The van der Waals surface area contributed by atoms with Crippen LogP contribution in [0.15, 0.2) is 59.5 Å². The Morgan fingerprint density at radius 3 is 2.43 bits per heavy atom. The van der Waals surface area contributed by atoms with E-state index >= 15 is 0 Å². The lowest BCUT2D eigenvalue weighted by molar-refractivity contribution is -0.143. The fourth-order valence-electron chi connectivity index (χ4n) is 3.57. The minimum Gasteiger partial charge on any atom is -0.354 e. The third-order valence-electron chi connectivity index (χ3n) is 5.43. The Balaban J connectivity index is 0.00000380. The molecular formula is C23H19F6N5O2S. The summed E-state index contributed by atoms with van der Waals surface area (Å²) in [5, 5.41) is 10.3. The summed E-state index contributed by atoms with van der Waals surface area (Å²) in [6, 6.07) is 5.46. The summed E-state index contributed by atoms with van der Waals surface area (Å²) in [5.74, 6) is -0.358. The van der Waals surface area contributed by atoms with Crippen molar-refractivity contribution in [3.05, 3.63) is 82.9 Å². The molecule has 0 spiro atoms. The van der Waals surface area contributed by atoms with Crippen LogP contribution in [0.4, 0.5) is 32.0 Å². The predicted octanol–water partition coefficient (Wildman–Crippen LogP) is 6.25. The number of hydrogen-bond acceptors (Lipinski definition) is 5. The number of carbonyl (C=O) groups is 1. The van der Waals surface area contributed by atoms with Crippen molar-refractivity contribution in [3.8, 4) is 11.5 Å². The zero-order valence-electron chi connectivity index (χ0n) is 19.1. The van der Waals surface area contributed by atoms with Gasteiger partial charge in [-0.3, -0.25) is 14.5 Å². The van der Waals surface area contributed by atoms with Crippen LogP contribution < -0.4 is 5.32 Å². The van der Waals surface area contributed by atoms with Gasteiger partial charge in [0.2, 0.25) is 0 Å². The van der Waals surface area contributed by atoms with E-state index in [2.05, 4.69) is 20.6 Å². The first-order chi connectivity index (χ1) is 16.9. The van der Waals surface area contributed by atoms with E-state index in [0.717, 1.165) is 10.7 Å². The van der Waals surface area contributed by atoms with Crippen molar-refractivity contribution in [2.75, 3.05) is 5.32 Å². The highest BCUT2D eigenvalue weighted by molar-refractivity contribution is 7.59. The van der Waals surface area contributed by atoms with Gasteiger partial charge in [0.15, 0.2) is 11.5 Å². The monoisotopic (exact) mass is 543 g/mol. The lowest BCUT2D eigenvalue weighted by Gasteiger charge is -2.20. The number of anilines is 1. The highest BCUT2D eigenvalue weighted by atomic mass is 32.1. The fraction of sp³-hybridized carbons (Fsp3) is 0.217. The molecule has 0 bridgehead atoms. The molecule has 0 fully saturated rings. The second kappa shape index (κ2) is 10.3. The Morgan fingerprint density at radius 1 is 1.08 bits per heavy atom. The molecule has 0 unspecified atom stereocenters. The van der Waals surface area contributed by atoms with Gasteiger partial charge < -0.3 is 9.84 Å². The van der Waals surface area contributed by atoms with Crippen molar-refractivity contribution in [2.45, 2.75) is 32.2 Å². The van der Waals surface area contributed by atoms with Crippen molar-refractivity contribution < 1.29 is 35.7 Å². The number of amides is 1. The first kappa shape index (κ1) is 27.8. The zero-order chi connectivity index (χ0) is 26.3. The Kier molecular flexibility index (Phi) is 7.72. The largest absolute Gasteiger partial charge is 0.416 e. The van der Waals surface area contributed by atoms with E-state index in [0.29, 0.717) is 23.1 Å². The van der Waals surface area contributed by atoms with E-state index in [1.807, 2.05) is 0 Å². The van der Waals surface area contributed by atoms with Crippen LogP contribution in [0.2, 0.25) is 0 Å². The van der Waals surface area contributed by atoms with Crippen LogP contribution in [0.25, 0.3) is 11.5 Å². The van der Waals surface area contributed by atoms with E-state index in [9.17, 15) is 31.1 Å². The van der Waals surface area contributed by atoms with E-state index < -0.39 is 41.0 Å². The standard InChI is InChI=1S/C23H17F6N5O2.H2S/c1-12-19(33-36-20(12)18-5-3-4-8-30-18)21(35)32-15-10-31-34(11-15)13(2)16-7-6-14(22(24,25)26)9-17(16)23(27,28)29;/h3-11,13H,1-2H3,(H,32,35);1H2/t13-;/m0./s1. The van der Waals surface area contributed by atoms with Crippen molar-refractivity contribution >= 4 is 25.1 Å². The molecule has 3 heterocycles. The molecule has 1 amide bonds. The molecule has 14 heteroatoms. The van der Waals surface area contributed by atoms with E-state index in [4.69, 9.17) is 4.52 Å². The van der Waals surface area contributed by atoms with Crippen LogP contribution >= 0.6 is 13.5 Å². The molecule has 37 heavy (non-hydrogen) atoms. The van der Waals surface area contributed by atoms with Gasteiger partial charge >= 0.3 is 12.4 Å². The molecule has 4 aromatic rings. The number of hydrogen-bond donors (Lipinski definition) is 1. The summed E-state index contributed by atoms with van der Waals surface area (Å²) in [4.78, 5) is 16.8. The second-order valence-electron chi connectivity index (χ2n) is 7.84. The van der Waals surface area contributed by atoms with Crippen molar-refractivity contribution in [2.24, 2.45) is 0 Å². The normalized spacial score (nSPS) is 12.6. The van der Waals surface area contributed by atoms with Gasteiger partial charge in [0, 0.05) is 18.0 Å². The van der Waals surface area contributed by atoms with Crippen molar-refractivity contribution in [3.63, 3.8) is 0 Å². The molecule has 0 aliphatic heterocycles. The van der Waals surface area contributed by atoms with Gasteiger partial charge in [0.05, 0.1) is 29.1 Å². The van der Waals surface area contributed by atoms with Crippen LogP contribution in [0.1, 0.15) is 45.7 Å². The minimum absolute atomic E-state index is 0. The molecule has 0 aliphatic rings. The maximum absolute atomic E-state index is 13.5. The molecule has 1 atom stereocenters. The maximum Gasteiger partial charge on any atom is 0.416 e. The molecule has 4 rings (SSSR count). The van der Waals surface area contributed by atoms with Crippen LogP contribution in [-0.2, 0) is 12.4 Å². The molecule has 1 N–H and O–H groups in total. The second-order valence-corrected chi connectivity index (χ2v) is 7.84. The topological polar surface area (TPSA) is 85.8 Å². The van der Waals surface area contributed by atoms with Gasteiger partial charge in [-0.1, -0.05) is 17.3 Å². The number of benzene rings is 1. The lowest BCUT2D eigenvalue weighted by Crippen LogP contribution is -2.18. The summed E-state index contributed by atoms with van der Waals surface area (Å²) in [6.45, 7) is 2.96.